The summed E-state index contributed by atoms with van der Waals surface area (Å²) in [7, 11) is 0. The molecule has 1 rings (SSSR count). The molecule has 0 saturated carbocycles. The van der Waals surface area contributed by atoms with E-state index in [1.807, 2.05) is 6.92 Å². The Labute approximate surface area is 62.0 Å². The predicted molar refractivity (Wildman–Crippen MR) is 38.7 cm³/mol. The van der Waals surface area contributed by atoms with Gasteiger partial charge in [-0.25, -0.2) is 0 Å². The number of hydrogen-bond donors (Lipinski definition) is 1. The Morgan fingerprint density at radius 3 is 3.20 bits per heavy atom. The lowest BCUT2D eigenvalue weighted by Gasteiger charge is -2.15. The van der Waals surface area contributed by atoms with Gasteiger partial charge in [0, 0.05) is 1.37 Å². The molecule has 0 aromatic carbocycles. The number of allylic oxidation sites excluding steroid dienone is 2. The minimum Gasteiger partial charge on any atom is -0.481 e. The summed E-state index contributed by atoms with van der Waals surface area (Å²) < 4.78 is 7.43. The highest BCUT2D eigenvalue weighted by Gasteiger charge is 2.18. The Hall–Kier alpha value is -0.790. The molecule has 1 aliphatic carbocycles. The third kappa shape index (κ3) is 1.59. The lowest BCUT2D eigenvalue weighted by Crippen LogP contribution is -2.15. The number of rotatable bonds is 1. The first-order valence-electron chi connectivity index (χ1n) is 4.01. The Kier molecular flexibility index (Phi) is 1.70. The average Bonchev–Trinajstić information content (AvgIpc) is 1.85. The fraction of sp³-hybridized carbons (Fsp3) is 0.625. The van der Waals surface area contributed by atoms with Crippen molar-refractivity contribution in [2.75, 3.05) is 0 Å². The topological polar surface area (TPSA) is 37.3 Å². The molecule has 0 amide bonds. The van der Waals surface area contributed by atoms with E-state index in [1.54, 1.807) is 6.08 Å². The van der Waals surface area contributed by atoms with Crippen molar-refractivity contribution < 1.29 is 11.3 Å². The van der Waals surface area contributed by atoms with E-state index in [0.29, 0.717) is 6.42 Å². The summed E-state index contributed by atoms with van der Waals surface area (Å²) in [6, 6.07) is 0. The van der Waals surface area contributed by atoms with Gasteiger partial charge in [-0.2, -0.15) is 0 Å². The first kappa shape index (κ1) is 5.96. The quantitative estimate of drug-likeness (QED) is 0.565. The number of carboxylic acids is 1. The predicted octanol–water partition coefficient (Wildman–Crippen LogP) is 1.82. The van der Waals surface area contributed by atoms with E-state index >= 15 is 0 Å². The van der Waals surface area contributed by atoms with Crippen molar-refractivity contribution in [3.05, 3.63) is 11.6 Å². The first-order chi connectivity index (χ1) is 5.11. The molecule has 0 spiro atoms. The van der Waals surface area contributed by atoms with E-state index in [0.717, 1.165) is 12.0 Å². The van der Waals surface area contributed by atoms with Crippen LogP contribution >= 0.6 is 0 Å². The molecule has 10 heavy (non-hydrogen) atoms. The van der Waals surface area contributed by atoms with E-state index < -0.39 is 18.3 Å². The van der Waals surface area contributed by atoms with Crippen molar-refractivity contribution in [1.29, 1.82) is 0 Å². The molecule has 0 aromatic heterocycles. The summed E-state index contributed by atoms with van der Waals surface area (Å²) in [6.45, 7) is 1.94. The van der Waals surface area contributed by atoms with Crippen LogP contribution in [0, 0.1) is 5.92 Å². The number of hydrogen-bond acceptors (Lipinski definition) is 1. The molecule has 1 N–H and O–H groups in total. The standard InChI is InChI=1S/C8H12O2/c1-6-2-4-7(5-3-6)8(9)10/h2,7H,3-5H2,1H3,(H,9,10)/t7-/m0/s1/i4D/t4?,7-. The maximum absolute atomic E-state index is 10.5. The van der Waals surface area contributed by atoms with E-state index in [-0.39, 0.29) is 0 Å². The minimum absolute atomic E-state index is 0.487. The highest BCUT2D eigenvalue weighted by atomic mass is 16.4. The Balaban J connectivity index is 2.68. The van der Waals surface area contributed by atoms with Gasteiger partial charge >= 0.3 is 5.97 Å². The Bertz CT molecular complexity index is 198. The number of carbonyl (C=O) groups is 1. The second kappa shape index (κ2) is 2.86. The van der Waals surface area contributed by atoms with Gasteiger partial charge in [-0.05, 0) is 26.2 Å². The molecular weight excluding hydrogens is 128 g/mol. The molecule has 1 aliphatic rings. The van der Waals surface area contributed by atoms with E-state index in [9.17, 15) is 4.79 Å². The first-order valence-corrected chi connectivity index (χ1v) is 3.43. The number of aliphatic carboxylic acids is 1. The van der Waals surface area contributed by atoms with Gasteiger partial charge in [-0.3, -0.25) is 4.79 Å². The Morgan fingerprint density at radius 1 is 2.00 bits per heavy atom. The zero-order valence-corrected chi connectivity index (χ0v) is 6.00. The molecule has 0 aliphatic heterocycles. The molecular formula is C8H12O2. The van der Waals surface area contributed by atoms with Gasteiger partial charge in [0.2, 0.25) is 0 Å². The molecule has 0 bridgehead atoms. The summed E-state index contributed by atoms with van der Waals surface area (Å²) >= 11 is 0. The SMILES string of the molecule is [2H]C1C=C(C)CC[C@H]1C(=O)O. The summed E-state index contributed by atoms with van der Waals surface area (Å²) in [5.74, 6) is -1.33. The largest absolute Gasteiger partial charge is 0.481 e. The maximum Gasteiger partial charge on any atom is 0.306 e. The van der Waals surface area contributed by atoms with Crippen LogP contribution in [0.3, 0.4) is 0 Å². The molecule has 0 heterocycles. The van der Waals surface area contributed by atoms with Crippen LogP contribution in [-0.2, 0) is 4.79 Å². The second-order valence-electron chi connectivity index (χ2n) is 2.69. The van der Waals surface area contributed by atoms with Gasteiger partial charge < -0.3 is 5.11 Å². The molecule has 2 atom stereocenters. The number of carboxylic acid groups (broad SMARTS) is 1. The molecule has 2 heteroatoms. The van der Waals surface area contributed by atoms with Crippen molar-refractivity contribution in [1.82, 2.24) is 0 Å². The minimum atomic E-state index is -0.839. The van der Waals surface area contributed by atoms with Crippen LogP contribution in [0.1, 0.15) is 27.5 Å². The van der Waals surface area contributed by atoms with Gasteiger partial charge in [0.1, 0.15) is 0 Å². The third-order valence-electron chi connectivity index (χ3n) is 1.78. The van der Waals surface area contributed by atoms with Gasteiger partial charge in [0.05, 0.1) is 5.92 Å². The van der Waals surface area contributed by atoms with Gasteiger partial charge in [0.15, 0.2) is 0 Å². The van der Waals surface area contributed by atoms with E-state index in [2.05, 4.69) is 0 Å². The molecule has 0 fully saturated rings. The summed E-state index contributed by atoms with van der Waals surface area (Å²) in [5.41, 5.74) is 1.14. The highest BCUT2D eigenvalue weighted by Crippen LogP contribution is 2.22. The summed E-state index contributed by atoms with van der Waals surface area (Å²) in [5, 5.41) is 8.65. The lowest BCUT2D eigenvalue weighted by atomic mass is 9.90. The zero-order valence-electron chi connectivity index (χ0n) is 7.00. The van der Waals surface area contributed by atoms with E-state index in [1.165, 1.54) is 0 Å². The van der Waals surface area contributed by atoms with Crippen molar-refractivity contribution in [3.63, 3.8) is 0 Å². The molecule has 0 saturated heterocycles. The van der Waals surface area contributed by atoms with Crippen LogP contribution in [-0.4, -0.2) is 11.1 Å². The van der Waals surface area contributed by atoms with Crippen molar-refractivity contribution >= 4 is 5.97 Å². The normalized spacial score (nSPS) is 34.5. The van der Waals surface area contributed by atoms with Crippen LogP contribution < -0.4 is 0 Å². The summed E-state index contributed by atoms with van der Waals surface area (Å²) in [6.07, 6.45) is 2.64. The van der Waals surface area contributed by atoms with Crippen LogP contribution in [0.4, 0.5) is 0 Å². The van der Waals surface area contributed by atoms with Crippen molar-refractivity contribution in [2.24, 2.45) is 5.92 Å². The van der Waals surface area contributed by atoms with Crippen molar-refractivity contribution in [2.45, 2.75) is 26.2 Å². The third-order valence-corrected chi connectivity index (χ3v) is 1.78. The van der Waals surface area contributed by atoms with Crippen LogP contribution in [0.5, 0.6) is 0 Å². The van der Waals surface area contributed by atoms with Gasteiger partial charge in [-0.1, -0.05) is 11.6 Å². The summed E-state index contributed by atoms with van der Waals surface area (Å²) in [4.78, 5) is 10.5. The monoisotopic (exact) mass is 141 g/mol. The van der Waals surface area contributed by atoms with Crippen LogP contribution in [0.25, 0.3) is 0 Å². The Morgan fingerprint density at radius 2 is 2.70 bits per heavy atom. The van der Waals surface area contributed by atoms with Crippen molar-refractivity contribution in [3.8, 4) is 0 Å². The average molecular weight is 141 g/mol. The molecule has 0 radical (unpaired) electrons. The van der Waals surface area contributed by atoms with Crippen LogP contribution in [0.15, 0.2) is 11.6 Å². The van der Waals surface area contributed by atoms with Crippen LogP contribution in [0.2, 0.25) is 0 Å². The molecule has 0 aromatic rings. The van der Waals surface area contributed by atoms with Gasteiger partial charge in [0.25, 0.3) is 0 Å². The fourth-order valence-corrected chi connectivity index (χ4v) is 1.05. The maximum atomic E-state index is 10.5. The zero-order chi connectivity index (χ0) is 8.43. The fourth-order valence-electron chi connectivity index (χ4n) is 1.05. The second-order valence-corrected chi connectivity index (χ2v) is 2.69. The van der Waals surface area contributed by atoms with E-state index in [4.69, 9.17) is 6.48 Å². The molecule has 1 unspecified atom stereocenters. The van der Waals surface area contributed by atoms with Gasteiger partial charge in [-0.15, -0.1) is 0 Å². The highest BCUT2D eigenvalue weighted by molar-refractivity contribution is 5.70. The smallest absolute Gasteiger partial charge is 0.306 e. The molecule has 56 valence electrons. The lowest BCUT2D eigenvalue weighted by molar-refractivity contribution is -0.141. The molecule has 2 nitrogen and oxygen atoms in total.